The van der Waals surface area contributed by atoms with E-state index in [-0.39, 0.29) is 12.1 Å². The lowest BCUT2D eigenvalue weighted by molar-refractivity contribution is -0.204. The molecule has 0 N–H and O–H groups in total. The molecule has 0 aromatic heterocycles. The van der Waals surface area contributed by atoms with Gasteiger partial charge in [-0.15, -0.1) is 0 Å². The van der Waals surface area contributed by atoms with Crippen LogP contribution in [0.15, 0.2) is 24.3 Å². The highest BCUT2D eigenvalue weighted by molar-refractivity contribution is 5.21. The van der Waals surface area contributed by atoms with E-state index < -0.39 is 0 Å². The molecule has 32 heavy (non-hydrogen) atoms. The summed E-state index contributed by atoms with van der Waals surface area (Å²) in [5.74, 6) is 3.99. The fraction of sp³-hybridized carbons (Fsp3) is 0.793. The minimum absolute atomic E-state index is 0.0591. The molecular formula is C29H45FO2. The van der Waals surface area contributed by atoms with E-state index in [4.69, 9.17) is 9.47 Å². The molecule has 0 bridgehead atoms. The molecule has 0 unspecified atom stereocenters. The maximum Gasteiger partial charge on any atom is 0.157 e. The summed E-state index contributed by atoms with van der Waals surface area (Å²) < 4.78 is 25.0. The predicted molar refractivity (Wildman–Crippen MR) is 129 cm³/mol. The second kappa shape index (κ2) is 12.5. The molecule has 1 aliphatic heterocycles. The Balaban J connectivity index is 1.06. The first kappa shape index (κ1) is 24.2. The highest BCUT2D eigenvalue weighted by Gasteiger charge is 2.31. The van der Waals surface area contributed by atoms with Gasteiger partial charge in [-0.3, -0.25) is 0 Å². The third-order valence-electron chi connectivity index (χ3n) is 8.71. The Morgan fingerprint density at radius 2 is 1.31 bits per heavy atom. The van der Waals surface area contributed by atoms with Gasteiger partial charge in [0.15, 0.2) is 6.29 Å². The molecule has 1 heterocycles. The predicted octanol–water partition coefficient (Wildman–Crippen LogP) is 8.26. The lowest BCUT2D eigenvalue weighted by Crippen LogP contribution is -2.31. The number of benzene rings is 1. The molecule has 180 valence electrons. The quantitative estimate of drug-likeness (QED) is 0.357. The maximum atomic E-state index is 13.2. The van der Waals surface area contributed by atoms with Gasteiger partial charge >= 0.3 is 0 Å². The third kappa shape index (κ3) is 7.03. The Bertz CT molecular complexity index is 636. The normalized spacial score (nSPS) is 33.8. The van der Waals surface area contributed by atoms with E-state index in [1.165, 1.54) is 89.0 Å². The van der Waals surface area contributed by atoms with Crippen LogP contribution in [0, 0.1) is 29.5 Å². The molecule has 2 nitrogen and oxygen atoms in total. The summed E-state index contributed by atoms with van der Waals surface area (Å²) in [6.07, 6.45) is 18.7. The van der Waals surface area contributed by atoms with Gasteiger partial charge in [-0.2, -0.15) is 0 Å². The Labute approximate surface area is 195 Å². The van der Waals surface area contributed by atoms with E-state index >= 15 is 0 Å². The van der Waals surface area contributed by atoms with Gasteiger partial charge in [0.05, 0.1) is 13.2 Å². The SMILES string of the molecule is CCCC1COC(CCCCC2CCC(C3CCC(c4ccc(F)cc4)CC3)CC2)OC1. The molecule has 1 aromatic carbocycles. The van der Waals surface area contributed by atoms with Crippen LogP contribution in [0.3, 0.4) is 0 Å². The fourth-order valence-corrected chi connectivity index (χ4v) is 6.68. The number of rotatable bonds is 9. The largest absolute Gasteiger partial charge is 0.352 e. The van der Waals surface area contributed by atoms with Crippen LogP contribution < -0.4 is 0 Å². The first-order valence-electron chi connectivity index (χ1n) is 13.7. The third-order valence-corrected chi connectivity index (χ3v) is 8.71. The fourth-order valence-electron chi connectivity index (χ4n) is 6.68. The summed E-state index contributed by atoms with van der Waals surface area (Å²) in [6, 6.07) is 7.25. The van der Waals surface area contributed by atoms with Crippen LogP contribution in [0.5, 0.6) is 0 Å². The van der Waals surface area contributed by atoms with Gasteiger partial charge in [-0.1, -0.05) is 51.2 Å². The summed E-state index contributed by atoms with van der Waals surface area (Å²) in [5.41, 5.74) is 1.35. The van der Waals surface area contributed by atoms with E-state index in [0.717, 1.165) is 37.4 Å². The van der Waals surface area contributed by atoms with E-state index in [1.54, 1.807) is 12.1 Å². The van der Waals surface area contributed by atoms with Gasteiger partial charge in [-0.25, -0.2) is 4.39 Å². The number of ether oxygens (including phenoxy) is 2. The first-order valence-corrected chi connectivity index (χ1v) is 13.7. The number of hydrogen-bond acceptors (Lipinski definition) is 2. The molecule has 0 radical (unpaired) electrons. The Morgan fingerprint density at radius 3 is 1.94 bits per heavy atom. The summed E-state index contributed by atoms with van der Waals surface area (Å²) in [5, 5.41) is 0. The lowest BCUT2D eigenvalue weighted by atomic mass is 9.68. The average Bonchev–Trinajstić information content (AvgIpc) is 2.84. The molecule has 3 heteroatoms. The molecule has 4 rings (SSSR count). The zero-order valence-corrected chi connectivity index (χ0v) is 20.3. The van der Waals surface area contributed by atoms with Crippen molar-refractivity contribution in [1.29, 1.82) is 0 Å². The monoisotopic (exact) mass is 444 g/mol. The molecular weight excluding hydrogens is 399 g/mol. The molecule has 0 amide bonds. The summed E-state index contributed by atoms with van der Waals surface area (Å²) in [6.45, 7) is 4.03. The molecule has 2 saturated carbocycles. The Kier molecular flexibility index (Phi) is 9.46. The minimum atomic E-state index is -0.115. The molecule has 3 aliphatic rings. The molecule has 0 spiro atoms. The van der Waals surface area contributed by atoms with Crippen molar-refractivity contribution >= 4 is 0 Å². The van der Waals surface area contributed by atoms with E-state index in [0.29, 0.717) is 11.8 Å². The van der Waals surface area contributed by atoms with Crippen LogP contribution in [-0.2, 0) is 9.47 Å². The topological polar surface area (TPSA) is 18.5 Å². The van der Waals surface area contributed by atoms with Crippen molar-refractivity contribution in [1.82, 2.24) is 0 Å². The summed E-state index contributed by atoms with van der Waals surface area (Å²) >= 11 is 0. The van der Waals surface area contributed by atoms with Crippen LogP contribution in [0.2, 0.25) is 0 Å². The van der Waals surface area contributed by atoms with Gasteiger partial charge in [0.1, 0.15) is 5.82 Å². The lowest BCUT2D eigenvalue weighted by Gasteiger charge is -2.38. The summed E-state index contributed by atoms with van der Waals surface area (Å²) in [4.78, 5) is 0. The van der Waals surface area contributed by atoms with Gasteiger partial charge in [0, 0.05) is 5.92 Å². The smallest absolute Gasteiger partial charge is 0.157 e. The number of halogens is 1. The van der Waals surface area contributed by atoms with Gasteiger partial charge in [0.25, 0.3) is 0 Å². The second-order valence-corrected chi connectivity index (χ2v) is 11.0. The van der Waals surface area contributed by atoms with Crippen LogP contribution in [-0.4, -0.2) is 19.5 Å². The van der Waals surface area contributed by atoms with Crippen LogP contribution in [0.4, 0.5) is 4.39 Å². The van der Waals surface area contributed by atoms with Gasteiger partial charge < -0.3 is 9.47 Å². The van der Waals surface area contributed by atoms with E-state index in [2.05, 4.69) is 6.92 Å². The minimum Gasteiger partial charge on any atom is -0.352 e. The van der Waals surface area contributed by atoms with Gasteiger partial charge in [0.2, 0.25) is 0 Å². The molecule has 1 saturated heterocycles. The highest BCUT2D eigenvalue weighted by Crippen LogP contribution is 2.44. The van der Waals surface area contributed by atoms with Crippen molar-refractivity contribution in [2.24, 2.45) is 23.7 Å². The molecule has 1 aromatic rings. The zero-order chi connectivity index (χ0) is 22.2. The maximum absolute atomic E-state index is 13.2. The van der Waals surface area contributed by atoms with Crippen molar-refractivity contribution in [3.05, 3.63) is 35.6 Å². The molecule has 2 aliphatic carbocycles. The molecule has 3 fully saturated rings. The van der Waals surface area contributed by atoms with Crippen molar-refractivity contribution in [3.8, 4) is 0 Å². The standard InChI is InChI=1S/C29H45FO2/c1-2-5-23-20-31-29(32-21-23)7-4-3-6-22-8-10-24(11-9-22)25-12-14-26(15-13-25)27-16-18-28(30)19-17-27/h16-19,22-26,29H,2-15,20-21H2,1H3. The van der Waals surface area contributed by atoms with Crippen molar-refractivity contribution in [2.45, 2.75) is 109 Å². The Hall–Kier alpha value is -0.930. The highest BCUT2D eigenvalue weighted by atomic mass is 19.1. The van der Waals surface area contributed by atoms with E-state index in [9.17, 15) is 4.39 Å². The van der Waals surface area contributed by atoms with Crippen LogP contribution in [0.25, 0.3) is 0 Å². The summed E-state index contributed by atoms with van der Waals surface area (Å²) in [7, 11) is 0. The Morgan fingerprint density at radius 1 is 0.719 bits per heavy atom. The second-order valence-electron chi connectivity index (χ2n) is 11.0. The number of hydrogen-bond donors (Lipinski definition) is 0. The van der Waals surface area contributed by atoms with Crippen molar-refractivity contribution in [2.75, 3.05) is 13.2 Å². The van der Waals surface area contributed by atoms with Gasteiger partial charge in [-0.05, 0) is 99.2 Å². The van der Waals surface area contributed by atoms with Crippen LogP contribution in [0.1, 0.15) is 108 Å². The van der Waals surface area contributed by atoms with Crippen molar-refractivity contribution < 1.29 is 13.9 Å². The first-order chi connectivity index (χ1) is 15.7. The van der Waals surface area contributed by atoms with Crippen LogP contribution >= 0.6 is 0 Å². The zero-order valence-electron chi connectivity index (χ0n) is 20.3. The molecule has 0 atom stereocenters. The van der Waals surface area contributed by atoms with Crippen molar-refractivity contribution in [3.63, 3.8) is 0 Å². The average molecular weight is 445 g/mol. The van der Waals surface area contributed by atoms with E-state index in [1.807, 2.05) is 12.1 Å². The number of unbranched alkanes of at least 4 members (excludes halogenated alkanes) is 1.